The smallest absolute Gasteiger partial charge is 0.255 e. The number of anilines is 2. The number of carbonyl (C=O) groups is 2. The Kier molecular flexibility index (Phi) is 6.81. The van der Waals surface area contributed by atoms with E-state index in [2.05, 4.69) is 10.6 Å². The monoisotopic (exact) mass is 544 g/mol. The van der Waals surface area contributed by atoms with E-state index < -0.39 is 33.8 Å². The molecular weight excluding hydrogens is 533 g/mol. The first kappa shape index (κ1) is 24.1. The fourth-order valence-corrected chi connectivity index (χ4v) is 5.15. The molecule has 0 radical (unpaired) electrons. The molecule has 0 heterocycles. The van der Waals surface area contributed by atoms with Crippen molar-refractivity contribution in [2.75, 3.05) is 10.6 Å². The Bertz CT molecular complexity index is 1250. The van der Waals surface area contributed by atoms with Crippen molar-refractivity contribution in [1.82, 2.24) is 0 Å². The summed E-state index contributed by atoms with van der Waals surface area (Å²) in [5.74, 6) is -2.66. The van der Waals surface area contributed by atoms with Gasteiger partial charge in [-0.3, -0.25) is 9.59 Å². The van der Waals surface area contributed by atoms with Crippen LogP contribution in [0.3, 0.4) is 0 Å². The van der Waals surface area contributed by atoms with Crippen LogP contribution in [0.2, 0.25) is 15.1 Å². The minimum Gasteiger partial charge on any atom is -0.326 e. The van der Waals surface area contributed by atoms with Gasteiger partial charge in [0.1, 0.15) is 10.2 Å². The molecular formula is C23H14Cl5FN2O2. The maximum absolute atomic E-state index is 13.2. The van der Waals surface area contributed by atoms with E-state index in [4.69, 9.17) is 58.0 Å². The van der Waals surface area contributed by atoms with E-state index in [0.717, 1.165) is 6.07 Å². The average Bonchev–Trinajstić information content (AvgIpc) is 3.31. The van der Waals surface area contributed by atoms with E-state index in [1.807, 2.05) is 0 Å². The molecule has 4 rings (SSSR count). The maximum atomic E-state index is 13.2. The predicted molar refractivity (Wildman–Crippen MR) is 132 cm³/mol. The van der Waals surface area contributed by atoms with Crippen LogP contribution >= 0.6 is 58.0 Å². The minimum absolute atomic E-state index is 0.0641. The number of alkyl halides is 2. The van der Waals surface area contributed by atoms with Crippen LogP contribution in [-0.2, 0) is 4.79 Å². The summed E-state index contributed by atoms with van der Waals surface area (Å²) in [5, 5.41) is 6.22. The van der Waals surface area contributed by atoms with Crippen molar-refractivity contribution in [2.45, 2.75) is 10.3 Å². The van der Waals surface area contributed by atoms with Gasteiger partial charge < -0.3 is 10.6 Å². The molecule has 0 aromatic heterocycles. The number of nitrogens with one attached hydrogen (secondary N) is 2. The third kappa shape index (κ3) is 5.23. The fraction of sp³-hybridized carbons (Fsp3) is 0.130. The SMILES string of the molecule is O=C(Nc1ccc(F)cc1Cl)c1cccc(NC(=O)[C@H]2[C@H](c3cc(Cl)cc(Cl)c3)C2(Cl)Cl)c1. The van der Waals surface area contributed by atoms with Gasteiger partial charge in [-0.1, -0.05) is 40.9 Å². The Morgan fingerprint density at radius 3 is 2.24 bits per heavy atom. The van der Waals surface area contributed by atoms with Gasteiger partial charge in [-0.25, -0.2) is 4.39 Å². The van der Waals surface area contributed by atoms with Crippen LogP contribution in [0, 0.1) is 11.7 Å². The van der Waals surface area contributed by atoms with Gasteiger partial charge in [0.25, 0.3) is 5.91 Å². The van der Waals surface area contributed by atoms with Crippen LogP contribution in [0.1, 0.15) is 21.8 Å². The first-order chi connectivity index (χ1) is 15.6. The highest BCUT2D eigenvalue weighted by molar-refractivity contribution is 6.53. The Balaban J connectivity index is 1.48. The highest BCUT2D eigenvalue weighted by Gasteiger charge is 2.67. The number of hydrogen-bond acceptors (Lipinski definition) is 2. The number of amides is 2. The first-order valence-electron chi connectivity index (χ1n) is 9.57. The molecule has 3 aromatic rings. The van der Waals surface area contributed by atoms with Crippen molar-refractivity contribution >= 4 is 81.2 Å². The molecule has 1 saturated carbocycles. The van der Waals surface area contributed by atoms with Crippen molar-refractivity contribution in [3.05, 3.63) is 92.7 Å². The van der Waals surface area contributed by atoms with Crippen LogP contribution in [0.25, 0.3) is 0 Å². The standard InChI is InChI=1S/C23H14Cl5FN2O2/c24-13-6-12(7-14(25)9-13)19-20(23(19,27)28)22(33)30-16-3-1-2-11(8-16)21(32)31-18-5-4-15(29)10-17(18)26/h1-10,19-20H,(H,30,33)(H,31,32)/t19-,20+/m0/s1. The quantitative estimate of drug-likeness (QED) is 0.325. The van der Waals surface area contributed by atoms with E-state index in [9.17, 15) is 14.0 Å². The highest BCUT2D eigenvalue weighted by atomic mass is 35.5. The number of halogens is 6. The lowest BCUT2D eigenvalue weighted by molar-refractivity contribution is -0.117. The molecule has 2 amide bonds. The molecule has 1 fully saturated rings. The van der Waals surface area contributed by atoms with Gasteiger partial charge in [0.05, 0.1) is 16.6 Å². The van der Waals surface area contributed by atoms with Crippen molar-refractivity contribution in [2.24, 2.45) is 5.92 Å². The number of rotatable bonds is 5. The molecule has 0 aliphatic heterocycles. The molecule has 0 unspecified atom stereocenters. The van der Waals surface area contributed by atoms with Crippen molar-refractivity contribution < 1.29 is 14.0 Å². The third-order valence-electron chi connectivity index (χ3n) is 5.15. The Hall–Kier alpha value is -2.02. The van der Waals surface area contributed by atoms with E-state index in [-0.39, 0.29) is 16.3 Å². The predicted octanol–water partition coefficient (Wildman–Crippen LogP) is 7.56. The second-order valence-electron chi connectivity index (χ2n) is 7.48. The van der Waals surface area contributed by atoms with Crippen molar-refractivity contribution in [1.29, 1.82) is 0 Å². The molecule has 1 aliphatic rings. The molecule has 3 aromatic carbocycles. The van der Waals surface area contributed by atoms with Gasteiger partial charge in [-0.15, -0.1) is 23.2 Å². The number of hydrogen-bond donors (Lipinski definition) is 2. The molecule has 10 heteroatoms. The van der Waals surface area contributed by atoms with Crippen LogP contribution in [0.5, 0.6) is 0 Å². The normalized spacial score (nSPS) is 18.5. The molecule has 2 atom stereocenters. The molecule has 0 bridgehead atoms. The molecule has 170 valence electrons. The van der Waals surface area contributed by atoms with Crippen molar-refractivity contribution in [3.8, 4) is 0 Å². The topological polar surface area (TPSA) is 58.2 Å². The van der Waals surface area contributed by atoms with Gasteiger partial charge in [-0.05, 0) is 60.2 Å². The molecule has 0 spiro atoms. The largest absolute Gasteiger partial charge is 0.326 e. The van der Waals surface area contributed by atoms with Crippen LogP contribution < -0.4 is 10.6 Å². The van der Waals surface area contributed by atoms with Gasteiger partial charge >= 0.3 is 0 Å². The van der Waals surface area contributed by atoms with Gasteiger partial charge in [0.2, 0.25) is 5.91 Å². The fourth-order valence-electron chi connectivity index (χ4n) is 3.57. The van der Waals surface area contributed by atoms with Gasteiger partial charge in [-0.2, -0.15) is 0 Å². The van der Waals surface area contributed by atoms with E-state index in [1.54, 1.807) is 36.4 Å². The highest BCUT2D eigenvalue weighted by Crippen LogP contribution is 2.65. The second-order valence-corrected chi connectivity index (χ2v) is 10.2. The molecule has 2 N–H and O–H groups in total. The second kappa shape index (κ2) is 9.32. The zero-order chi connectivity index (χ0) is 23.9. The third-order valence-corrected chi connectivity index (χ3v) is 6.84. The summed E-state index contributed by atoms with van der Waals surface area (Å²) in [4.78, 5) is 25.5. The average molecular weight is 547 g/mol. The van der Waals surface area contributed by atoms with Gasteiger partial charge in [0, 0.05) is 27.2 Å². The van der Waals surface area contributed by atoms with Crippen LogP contribution in [0.4, 0.5) is 15.8 Å². The Morgan fingerprint density at radius 1 is 0.879 bits per heavy atom. The summed E-state index contributed by atoms with van der Waals surface area (Å²) in [7, 11) is 0. The summed E-state index contributed by atoms with van der Waals surface area (Å²) >= 11 is 30.9. The minimum atomic E-state index is -1.33. The Labute approximate surface area is 213 Å². The zero-order valence-corrected chi connectivity index (χ0v) is 20.3. The number of benzene rings is 3. The molecule has 1 aliphatic carbocycles. The summed E-state index contributed by atoms with van der Waals surface area (Å²) in [6.07, 6.45) is 0. The zero-order valence-electron chi connectivity index (χ0n) is 16.5. The van der Waals surface area contributed by atoms with Crippen LogP contribution in [-0.4, -0.2) is 16.1 Å². The molecule has 33 heavy (non-hydrogen) atoms. The van der Waals surface area contributed by atoms with E-state index in [0.29, 0.717) is 21.3 Å². The summed E-state index contributed by atoms with van der Waals surface area (Å²) in [5.41, 5.74) is 1.54. The lowest BCUT2D eigenvalue weighted by atomic mass is 10.1. The lowest BCUT2D eigenvalue weighted by Gasteiger charge is -2.10. The Morgan fingerprint density at radius 2 is 1.58 bits per heavy atom. The van der Waals surface area contributed by atoms with Crippen molar-refractivity contribution in [3.63, 3.8) is 0 Å². The summed E-state index contributed by atoms with van der Waals surface area (Å²) < 4.78 is 11.9. The summed E-state index contributed by atoms with van der Waals surface area (Å²) in [6, 6.07) is 14.8. The van der Waals surface area contributed by atoms with Gasteiger partial charge in [0.15, 0.2) is 0 Å². The first-order valence-corrected chi connectivity index (χ1v) is 11.5. The maximum Gasteiger partial charge on any atom is 0.255 e. The molecule has 4 nitrogen and oxygen atoms in total. The van der Waals surface area contributed by atoms with E-state index in [1.165, 1.54) is 18.2 Å². The van der Waals surface area contributed by atoms with E-state index >= 15 is 0 Å². The van der Waals surface area contributed by atoms with Crippen LogP contribution in [0.15, 0.2) is 60.7 Å². The lowest BCUT2D eigenvalue weighted by Crippen LogP contribution is -2.18. The molecule has 0 saturated heterocycles. The number of carbonyl (C=O) groups excluding carboxylic acids is 2. The summed E-state index contributed by atoms with van der Waals surface area (Å²) in [6.45, 7) is 0.